The molecule has 22 heavy (non-hydrogen) atoms. The maximum absolute atomic E-state index is 10.5. The van der Waals surface area contributed by atoms with Crippen molar-refractivity contribution in [1.29, 1.82) is 0 Å². The second-order valence-electron chi connectivity index (χ2n) is 5.24. The normalized spacial score (nSPS) is 11.1. The summed E-state index contributed by atoms with van der Waals surface area (Å²) in [7, 11) is 1.82. The van der Waals surface area contributed by atoms with Crippen LogP contribution in [0.2, 0.25) is 0 Å². The summed E-state index contributed by atoms with van der Waals surface area (Å²) >= 11 is 1.73. The van der Waals surface area contributed by atoms with E-state index < -0.39 is 0 Å². The number of anilines is 1. The average Bonchev–Trinajstić information content (AvgIpc) is 2.95. The van der Waals surface area contributed by atoms with Crippen LogP contribution in [-0.4, -0.2) is 12.2 Å². The number of phenols is 1. The maximum Gasteiger partial charge on any atom is 0.147 e. The van der Waals surface area contributed by atoms with E-state index in [9.17, 15) is 5.11 Å². The molecule has 0 saturated carbocycles. The fraction of sp³-hybridized carbons (Fsp3) is 0.0526. The molecule has 0 amide bonds. The average molecular weight is 305 g/mol. The summed E-state index contributed by atoms with van der Waals surface area (Å²) in [5.74, 6) is 0.330. The third-order valence-electron chi connectivity index (χ3n) is 3.99. The van der Waals surface area contributed by atoms with Gasteiger partial charge < -0.3 is 10.4 Å². The lowest BCUT2D eigenvalue weighted by molar-refractivity contribution is 0.484. The van der Waals surface area contributed by atoms with Gasteiger partial charge in [-0.25, -0.2) is 0 Å². The van der Waals surface area contributed by atoms with Crippen molar-refractivity contribution in [3.05, 3.63) is 60.7 Å². The highest BCUT2D eigenvalue weighted by Crippen LogP contribution is 2.45. The van der Waals surface area contributed by atoms with E-state index in [0.29, 0.717) is 5.75 Å². The van der Waals surface area contributed by atoms with E-state index in [1.54, 1.807) is 11.3 Å². The van der Waals surface area contributed by atoms with Crippen molar-refractivity contribution >= 4 is 37.2 Å². The highest BCUT2D eigenvalue weighted by Gasteiger charge is 2.14. The highest BCUT2D eigenvalue weighted by atomic mass is 32.1. The fourth-order valence-electron chi connectivity index (χ4n) is 2.92. The second-order valence-corrected chi connectivity index (χ2v) is 6.29. The van der Waals surface area contributed by atoms with E-state index in [-0.39, 0.29) is 0 Å². The second kappa shape index (κ2) is 5.04. The first-order valence-electron chi connectivity index (χ1n) is 7.20. The van der Waals surface area contributed by atoms with Crippen molar-refractivity contribution in [1.82, 2.24) is 0 Å². The molecule has 0 radical (unpaired) electrons. The predicted molar refractivity (Wildman–Crippen MR) is 96.0 cm³/mol. The maximum atomic E-state index is 10.5. The summed E-state index contributed by atoms with van der Waals surface area (Å²) in [6.07, 6.45) is 0. The SMILES string of the molecule is CNc1ccc2sc3c(-c4ccccc4)cccc3c2c1O. The minimum Gasteiger partial charge on any atom is -0.505 e. The zero-order valence-corrected chi connectivity index (χ0v) is 12.9. The molecule has 0 atom stereocenters. The monoisotopic (exact) mass is 305 g/mol. The molecular weight excluding hydrogens is 290 g/mol. The molecule has 0 unspecified atom stereocenters. The molecule has 1 heterocycles. The van der Waals surface area contributed by atoms with Crippen LogP contribution in [0.15, 0.2) is 60.7 Å². The smallest absolute Gasteiger partial charge is 0.147 e. The Morgan fingerprint density at radius 1 is 0.909 bits per heavy atom. The molecule has 0 aliphatic rings. The Morgan fingerprint density at radius 3 is 2.50 bits per heavy atom. The molecule has 4 aromatic rings. The predicted octanol–water partition coefficient (Wildman–Crippen LogP) is 5.47. The molecule has 108 valence electrons. The number of benzene rings is 3. The number of fused-ring (bicyclic) bond motifs is 3. The van der Waals surface area contributed by atoms with Crippen LogP contribution < -0.4 is 5.32 Å². The van der Waals surface area contributed by atoms with Crippen LogP contribution >= 0.6 is 11.3 Å². The lowest BCUT2D eigenvalue weighted by atomic mass is 10.0. The quantitative estimate of drug-likeness (QED) is 0.481. The summed E-state index contributed by atoms with van der Waals surface area (Å²) < 4.78 is 2.32. The molecule has 0 spiro atoms. The zero-order valence-electron chi connectivity index (χ0n) is 12.1. The first-order valence-corrected chi connectivity index (χ1v) is 8.01. The number of rotatable bonds is 2. The number of thiophene rings is 1. The molecule has 2 N–H and O–H groups in total. The summed E-state index contributed by atoms with van der Waals surface area (Å²) in [5, 5.41) is 15.6. The van der Waals surface area contributed by atoms with E-state index in [2.05, 4.69) is 53.8 Å². The van der Waals surface area contributed by atoms with Crippen LogP contribution in [-0.2, 0) is 0 Å². The molecule has 4 rings (SSSR count). The van der Waals surface area contributed by atoms with Crippen molar-refractivity contribution in [3.63, 3.8) is 0 Å². The molecular formula is C19H15NOS. The third-order valence-corrected chi connectivity index (χ3v) is 5.19. The molecule has 0 saturated heterocycles. The van der Waals surface area contributed by atoms with Crippen LogP contribution in [0.3, 0.4) is 0 Å². The Kier molecular flexibility index (Phi) is 3.01. The van der Waals surface area contributed by atoms with E-state index in [4.69, 9.17) is 0 Å². The van der Waals surface area contributed by atoms with Crippen LogP contribution in [0, 0.1) is 0 Å². The summed E-state index contributed by atoms with van der Waals surface area (Å²) in [4.78, 5) is 0. The van der Waals surface area contributed by atoms with Gasteiger partial charge in [-0.3, -0.25) is 0 Å². The van der Waals surface area contributed by atoms with Crippen LogP contribution in [0.25, 0.3) is 31.3 Å². The first kappa shape index (κ1) is 13.2. The Bertz CT molecular complexity index is 973. The highest BCUT2D eigenvalue weighted by molar-refractivity contribution is 7.26. The van der Waals surface area contributed by atoms with Gasteiger partial charge >= 0.3 is 0 Å². The van der Waals surface area contributed by atoms with Gasteiger partial charge in [0.1, 0.15) is 5.75 Å². The minimum absolute atomic E-state index is 0.330. The minimum atomic E-state index is 0.330. The Hall–Kier alpha value is -2.52. The Labute approximate surface area is 132 Å². The molecule has 0 aliphatic carbocycles. The third kappa shape index (κ3) is 1.86. The lowest BCUT2D eigenvalue weighted by Gasteiger charge is -2.05. The Morgan fingerprint density at radius 2 is 1.73 bits per heavy atom. The Balaban J connectivity index is 2.11. The van der Waals surface area contributed by atoms with E-state index in [1.165, 1.54) is 15.8 Å². The van der Waals surface area contributed by atoms with Gasteiger partial charge in [-0.1, -0.05) is 48.5 Å². The van der Waals surface area contributed by atoms with Gasteiger partial charge in [-0.2, -0.15) is 0 Å². The zero-order chi connectivity index (χ0) is 15.1. The number of nitrogens with one attached hydrogen (secondary N) is 1. The number of hydrogen-bond acceptors (Lipinski definition) is 3. The first-order chi connectivity index (χ1) is 10.8. The van der Waals surface area contributed by atoms with Gasteiger partial charge in [-0.15, -0.1) is 11.3 Å². The summed E-state index contributed by atoms with van der Waals surface area (Å²) in [6, 6.07) is 20.7. The number of aromatic hydroxyl groups is 1. The van der Waals surface area contributed by atoms with Gasteiger partial charge in [-0.05, 0) is 23.3 Å². The van der Waals surface area contributed by atoms with Gasteiger partial charge in [0.25, 0.3) is 0 Å². The molecule has 3 aromatic carbocycles. The standard InChI is InChI=1S/C19H15NOS/c1-20-15-10-11-16-17(18(15)21)14-9-5-8-13(19(14)22-16)12-6-3-2-4-7-12/h2-11,20-21H,1H3. The van der Waals surface area contributed by atoms with Crippen molar-refractivity contribution in [2.24, 2.45) is 0 Å². The largest absolute Gasteiger partial charge is 0.505 e. The van der Waals surface area contributed by atoms with Crippen molar-refractivity contribution in [2.75, 3.05) is 12.4 Å². The van der Waals surface area contributed by atoms with Gasteiger partial charge in [0, 0.05) is 27.2 Å². The van der Waals surface area contributed by atoms with E-state index in [1.807, 2.05) is 19.2 Å². The molecule has 1 aromatic heterocycles. The topological polar surface area (TPSA) is 32.3 Å². The lowest BCUT2D eigenvalue weighted by Crippen LogP contribution is -1.87. The van der Waals surface area contributed by atoms with E-state index >= 15 is 0 Å². The van der Waals surface area contributed by atoms with Crippen molar-refractivity contribution in [3.8, 4) is 16.9 Å². The molecule has 3 heteroatoms. The molecule has 0 bridgehead atoms. The van der Waals surface area contributed by atoms with Gasteiger partial charge in [0.2, 0.25) is 0 Å². The molecule has 0 aliphatic heterocycles. The fourth-order valence-corrected chi connectivity index (χ4v) is 4.16. The van der Waals surface area contributed by atoms with Gasteiger partial charge in [0.15, 0.2) is 0 Å². The van der Waals surface area contributed by atoms with Crippen LogP contribution in [0.4, 0.5) is 5.69 Å². The van der Waals surface area contributed by atoms with Crippen LogP contribution in [0.5, 0.6) is 5.75 Å². The molecule has 0 fully saturated rings. The number of hydrogen-bond donors (Lipinski definition) is 2. The number of phenolic OH excluding ortho intramolecular Hbond substituents is 1. The summed E-state index contributed by atoms with van der Waals surface area (Å²) in [5.41, 5.74) is 3.18. The van der Waals surface area contributed by atoms with E-state index in [0.717, 1.165) is 21.2 Å². The van der Waals surface area contributed by atoms with Gasteiger partial charge in [0.05, 0.1) is 5.69 Å². The van der Waals surface area contributed by atoms with Crippen molar-refractivity contribution < 1.29 is 5.11 Å². The van der Waals surface area contributed by atoms with Crippen LogP contribution in [0.1, 0.15) is 0 Å². The molecule has 2 nitrogen and oxygen atoms in total. The van der Waals surface area contributed by atoms with Crippen molar-refractivity contribution in [2.45, 2.75) is 0 Å². The summed E-state index contributed by atoms with van der Waals surface area (Å²) in [6.45, 7) is 0.